The first kappa shape index (κ1) is 6.22. The second-order valence-corrected chi connectivity index (χ2v) is 2.62. The van der Waals surface area contributed by atoms with Gasteiger partial charge in [0.15, 0.2) is 0 Å². The Morgan fingerprint density at radius 1 is 1.36 bits per heavy atom. The van der Waals surface area contributed by atoms with Crippen molar-refractivity contribution in [3.05, 3.63) is 34.4 Å². The van der Waals surface area contributed by atoms with Crippen molar-refractivity contribution in [2.24, 2.45) is 0 Å². The largest absolute Gasteiger partial charge is 0.357 e. The van der Waals surface area contributed by atoms with Gasteiger partial charge in [0.1, 0.15) is 0 Å². The third kappa shape index (κ3) is 0.941. The SMILES string of the molecule is Cc1cc2cc(=O)[nH]cc2[nH]1. The molecule has 3 heteroatoms. The van der Waals surface area contributed by atoms with Crippen LogP contribution in [0.4, 0.5) is 0 Å². The molecule has 0 fully saturated rings. The highest BCUT2D eigenvalue weighted by Gasteiger charge is 1.95. The number of H-pyrrole nitrogens is 2. The summed E-state index contributed by atoms with van der Waals surface area (Å²) in [6, 6.07) is 3.53. The summed E-state index contributed by atoms with van der Waals surface area (Å²) in [4.78, 5) is 16.5. The summed E-state index contributed by atoms with van der Waals surface area (Å²) in [5.41, 5.74) is 1.98. The topological polar surface area (TPSA) is 48.6 Å². The van der Waals surface area contributed by atoms with Gasteiger partial charge in [0.25, 0.3) is 0 Å². The van der Waals surface area contributed by atoms with Crippen molar-refractivity contribution in [2.75, 3.05) is 0 Å². The van der Waals surface area contributed by atoms with Gasteiger partial charge in [-0.3, -0.25) is 4.79 Å². The Hall–Kier alpha value is -1.51. The highest BCUT2D eigenvalue weighted by atomic mass is 16.1. The van der Waals surface area contributed by atoms with Crippen LogP contribution in [0.25, 0.3) is 10.9 Å². The number of aryl methyl sites for hydroxylation is 1. The van der Waals surface area contributed by atoms with Gasteiger partial charge in [-0.05, 0) is 13.0 Å². The molecule has 0 unspecified atom stereocenters. The minimum atomic E-state index is -0.0588. The monoisotopic (exact) mass is 148 g/mol. The van der Waals surface area contributed by atoms with Gasteiger partial charge in [-0.15, -0.1) is 0 Å². The van der Waals surface area contributed by atoms with Gasteiger partial charge >= 0.3 is 0 Å². The molecule has 0 spiro atoms. The van der Waals surface area contributed by atoms with E-state index in [-0.39, 0.29) is 5.56 Å². The summed E-state index contributed by atoms with van der Waals surface area (Å²) in [5.74, 6) is 0. The van der Waals surface area contributed by atoms with Crippen molar-refractivity contribution in [2.45, 2.75) is 6.92 Å². The van der Waals surface area contributed by atoms with Crippen molar-refractivity contribution in [3.63, 3.8) is 0 Å². The minimum Gasteiger partial charge on any atom is -0.357 e. The zero-order valence-corrected chi connectivity index (χ0v) is 6.14. The second-order valence-electron chi connectivity index (χ2n) is 2.62. The average Bonchev–Trinajstić information content (AvgIpc) is 2.27. The fourth-order valence-corrected chi connectivity index (χ4v) is 1.20. The van der Waals surface area contributed by atoms with Crippen LogP contribution in [-0.2, 0) is 0 Å². The third-order valence-electron chi connectivity index (χ3n) is 1.66. The summed E-state index contributed by atoms with van der Waals surface area (Å²) in [6.45, 7) is 1.96. The number of hydrogen-bond acceptors (Lipinski definition) is 1. The molecule has 0 bridgehead atoms. The van der Waals surface area contributed by atoms with Crippen molar-refractivity contribution >= 4 is 10.9 Å². The molecule has 0 aromatic carbocycles. The van der Waals surface area contributed by atoms with Crippen molar-refractivity contribution in [1.29, 1.82) is 0 Å². The van der Waals surface area contributed by atoms with Crippen LogP contribution in [0, 0.1) is 6.92 Å². The normalized spacial score (nSPS) is 10.6. The Labute approximate surface area is 63.1 Å². The van der Waals surface area contributed by atoms with Gasteiger partial charge in [0.2, 0.25) is 5.56 Å². The maximum Gasteiger partial charge on any atom is 0.248 e. The third-order valence-corrected chi connectivity index (χ3v) is 1.66. The number of hydrogen-bond donors (Lipinski definition) is 2. The van der Waals surface area contributed by atoms with E-state index in [1.165, 1.54) is 0 Å². The van der Waals surface area contributed by atoms with Crippen LogP contribution in [0.1, 0.15) is 5.69 Å². The highest BCUT2D eigenvalue weighted by molar-refractivity contribution is 5.78. The van der Waals surface area contributed by atoms with Gasteiger partial charge < -0.3 is 9.97 Å². The summed E-state index contributed by atoms with van der Waals surface area (Å²) >= 11 is 0. The molecular weight excluding hydrogens is 140 g/mol. The molecule has 0 aliphatic heterocycles. The molecule has 0 saturated heterocycles. The Kier molecular flexibility index (Phi) is 1.12. The van der Waals surface area contributed by atoms with E-state index in [9.17, 15) is 4.79 Å². The lowest BCUT2D eigenvalue weighted by atomic mass is 10.3. The van der Waals surface area contributed by atoms with E-state index >= 15 is 0 Å². The van der Waals surface area contributed by atoms with Crippen LogP contribution in [0.2, 0.25) is 0 Å². The molecule has 3 nitrogen and oxygen atoms in total. The van der Waals surface area contributed by atoms with E-state index in [4.69, 9.17) is 0 Å². The van der Waals surface area contributed by atoms with Gasteiger partial charge in [-0.2, -0.15) is 0 Å². The smallest absolute Gasteiger partial charge is 0.248 e. The molecule has 2 rings (SSSR count). The number of aromatic nitrogens is 2. The van der Waals surface area contributed by atoms with E-state index < -0.39 is 0 Å². The maximum absolute atomic E-state index is 10.8. The van der Waals surface area contributed by atoms with Gasteiger partial charge in [0.05, 0.1) is 5.52 Å². The molecule has 2 heterocycles. The van der Waals surface area contributed by atoms with E-state index in [1.807, 2.05) is 13.0 Å². The number of aromatic amines is 2. The quantitative estimate of drug-likeness (QED) is 0.578. The molecule has 11 heavy (non-hydrogen) atoms. The Bertz CT molecular complexity index is 439. The van der Waals surface area contributed by atoms with Crippen LogP contribution >= 0.6 is 0 Å². The summed E-state index contributed by atoms with van der Waals surface area (Å²) in [6.07, 6.45) is 1.69. The Balaban J connectivity index is 2.92. The van der Waals surface area contributed by atoms with Crippen LogP contribution in [0.15, 0.2) is 23.1 Å². The van der Waals surface area contributed by atoms with Crippen LogP contribution in [0.5, 0.6) is 0 Å². The highest BCUT2D eigenvalue weighted by Crippen LogP contribution is 2.09. The fourth-order valence-electron chi connectivity index (χ4n) is 1.20. The molecule has 2 aromatic rings. The van der Waals surface area contributed by atoms with Crippen molar-refractivity contribution in [1.82, 2.24) is 9.97 Å². The molecule has 2 aromatic heterocycles. The zero-order valence-electron chi connectivity index (χ0n) is 6.14. The first-order chi connectivity index (χ1) is 5.25. The zero-order chi connectivity index (χ0) is 7.84. The summed E-state index contributed by atoms with van der Waals surface area (Å²) < 4.78 is 0. The predicted molar refractivity (Wildman–Crippen MR) is 43.7 cm³/mol. The Morgan fingerprint density at radius 2 is 2.18 bits per heavy atom. The first-order valence-corrected chi connectivity index (χ1v) is 3.44. The summed E-state index contributed by atoms with van der Waals surface area (Å²) in [5, 5.41) is 0.964. The van der Waals surface area contributed by atoms with Gasteiger partial charge in [-0.1, -0.05) is 0 Å². The van der Waals surface area contributed by atoms with Crippen LogP contribution in [0.3, 0.4) is 0 Å². The van der Waals surface area contributed by atoms with E-state index in [0.717, 1.165) is 16.6 Å². The van der Waals surface area contributed by atoms with E-state index in [0.29, 0.717) is 0 Å². The molecule has 0 atom stereocenters. The van der Waals surface area contributed by atoms with Crippen LogP contribution in [-0.4, -0.2) is 9.97 Å². The first-order valence-electron chi connectivity index (χ1n) is 3.44. The molecule has 0 saturated carbocycles. The average molecular weight is 148 g/mol. The lowest BCUT2D eigenvalue weighted by Gasteiger charge is -1.84. The standard InChI is InChI=1S/C8H8N2O/c1-5-2-6-3-8(11)9-4-7(6)10-5/h2-4,10H,1H3,(H,9,11). The molecule has 0 radical (unpaired) electrons. The number of fused-ring (bicyclic) bond motifs is 1. The van der Waals surface area contributed by atoms with Crippen molar-refractivity contribution < 1.29 is 0 Å². The molecule has 56 valence electrons. The minimum absolute atomic E-state index is 0.0588. The van der Waals surface area contributed by atoms with Crippen molar-refractivity contribution in [3.8, 4) is 0 Å². The Morgan fingerprint density at radius 3 is 3.00 bits per heavy atom. The van der Waals surface area contributed by atoms with Gasteiger partial charge in [-0.25, -0.2) is 0 Å². The number of rotatable bonds is 0. The molecule has 0 aliphatic carbocycles. The van der Waals surface area contributed by atoms with E-state index in [2.05, 4.69) is 9.97 Å². The van der Waals surface area contributed by atoms with Crippen LogP contribution < -0.4 is 5.56 Å². The maximum atomic E-state index is 10.8. The summed E-state index contributed by atoms with van der Waals surface area (Å²) in [7, 11) is 0. The fraction of sp³-hybridized carbons (Fsp3) is 0.125. The predicted octanol–water partition coefficient (Wildman–Crippen LogP) is 1.16. The number of nitrogens with one attached hydrogen (secondary N) is 2. The lowest BCUT2D eigenvalue weighted by molar-refractivity contribution is 1.24. The van der Waals surface area contributed by atoms with Gasteiger partial charge in [0, 0.05) is 23.3 Å². The lowest BCUT2D eigenvalue weighted by Crippen LogP contribution is -2.00. The molecule has 2 N–H and O–H groups in total. The number of pyridine rings is 1. The molecule has 0 amide bonds. The molecular formula is C8H8N2O. The molecule has 0 aliphatic rings. The second kappa shape index (κ2) is 1.99. The van der Waals surface area contributed by atoms with E-state index in [1.54, 1.807) is 12.3 Å².